The van der Waals surface area contributed by atoms with Gasteiger partial charge in [-0.05, 0) is 30.6 Å². The standard InChI is InChI=1S/C11H22/c1-4-6-8-11(7-5-2)9-10(11)3/h10H,4-9H2,1-3H3. The van der Waals surface area contributed by atoms with Crippen LogP contribution in [0, 0.1) is 11.3 Å². The largest absolute Gasteiger partial charge is 0.0654 e. The quantitative estimate of drug-likeness (QED) is 0.561. The van der Waals surface area contributed by atoms with Crippen molar-refractivity contribution in [3.8, 4) is 0 Å². The molecular weight excluding hydrogens is 132 g/mol. The van der Waals surface area contributed by atoms with Gasteiger partial charge < -0.3 is 0 Å². The fraction of sp³-hybridized carbons (Fsp3) is 1.00. The van der Waals surface area contributed by atoms with Crippen molar-refractivity contribution in [1.29, 1.82) is 0 Å². The molecular formula is C11H22. The van der Waals surface area contributed by atoms with Gasteiger partial charge in [0.05, 0.1) is 0 Å². The van der Waals surface area contributed by atoms with E-state index in [0.717, 1.165) is 11.3 Å². The van der Waals surface area contributed by atoms with Crippen LogP contribution >= 0.6 is 0 Å². The molecule has 0 N–H and O–H groups in total. The minimum Gasteiger partial charge on any atom is -0.0654 e. The molecule has 1 rings (SSSR count). The van der Waals surface area contributed by atoms with Gasteiger partial charge in [0.2, 0.25) is 0 Å². The van der Waals surface area contributed by atoms with E-state index >= 15 is 0 Å². The van der Waals surface area contributed by atoms with E-state index in [1.54, 1.807) is 0 Å². The van der Waals surface area contributed by atoms with Crippen molar-refractivity contribution in [2.75, 3.05) is 0 Å². The third-order valence-electron chi connectivity index (χ3n) is 3.37. The molecule has 1 aliphatic rings. The number of hydrogen-bond donors (Lipinski definition) is 0. The fourth-order valence-corrected chi connectivity index (χ4v) is 2.40. The zero-order valence-corrected chi connectivity index (χ0v) is 8.32. The first-order chi connectivity index (χ1) is 5.25. The Morgan fingerprint density at radius 3 is 2.18 bits per heavy atom. The third kappa shape index (κ3) is 1.98. The summed E-state index contributed by atoms with van der Waals surface area (Å²) in [7, 11) is 0. The average molecular weight is 154 g/mol. The SMILES string of the molecule is CCCCC1(CCC)CC1C. The first kappa shape index (κ1) is 9.09. The topological polar surface area (TPSA) is 0 Å². The van der Waals surface area contributed by atoms with E-state index in [4.69, 9.17) is 0 Å². The van der Waals surface area contributed by atoms with Crippen LogP contribution in [0.15, 0.2) is 0 Å². The molecule has 0 nitrogen and oxygen atoms in total. The first-order valence-corrected chi connectivity index (χ1v) is 5.25. The van der Waals surface area contributed by atoms with E-state index in [0.29, 0.717) is 0 Å². The Morgan fingerprint density at radius 1 is 1.18 bits per heavy atom. The molecule has 1 fully saturated rings. The van der Waals surface area contributed by atoms with Crippen molar-refractivity contribution < 1.29 is 0 Å². The molecule has 2 unspecified atom stereocenters. The average Bonchev–Trinajstić information content (AvgIpc) is 2.59. The maximum absolute atomic E-state index is 2.42. The maximum Gasteiger partial charge on any atom is -0.0269 e. The summed E-state index contributed by atoms with van der Waals surface area (Å²) in [6.45, 7) is 7.04. The van der Waals surface area contributed by atoms with Gasteiger partial charge in [-0.25, -0.2) is 0 Å². The molecule has 0 saturated heterocycles. The van der Waals surface area contributed by atoms with E-state index in [-0.39, 0.29) is 0 Å². The first-order valence-electron chi connectivity index (χ1n) is 5.25. The Bertz CT molecular complexity index is 117. The highest BCUT2D eigenvalue weighted by atomic mass is 14.5. The van der Waals surface area contributed by atoms with Crippen molar-refractivity contribution in [2.24, 2.45) is 11.3 Å². The van der Waals surface area contributed by atoms with Gasteiger partial charge in [-0.15, -0.1) is 0 Å². The van der Waals surface area contributed by atoms with E-state index in [1.807, 2.05) is 0 Å². The van der Waals surface area contributed by atoms with Gasteiger partial charge in [0.25, 0.3) is 0 Å². The van der Waals surface area contributed by atoms with Crippen molar-refractivity contribution in [3.05, 3.63) is 0 Å². The van der Waals surface area contributed by atoms with Crippen molar-refractivity contribution in [2.45, 2.75) is 59.3 Å². The second-order valence-electron chi connectivity index (χ2n) is 4.32. The van der Waals surface area contributed by atoms with Crippen LogP contribution in [0.1, 0.15) is 59.3 Å². The van der Waals surface area contributed by atoms with Crippen LogP contribution < -0.4 is 0 Å². The fourth-order valence-electron chi connectivity index (χ4n) is 2.40. The normalized spacial score (nSPS) is 35.7. The summed E-state index contributed by atoms with van der Waals surface area (Å²) in [6, 6.07) is 0. The lowest BCUT2D eigenvalue weighted by Gasteiger charge is -2.14. The van der Waals surface area contributed by atoms with E-state index in [9.17, 15) is 0 Å². The Labute approximate surface area is 71.4 Å². The Balaban J connectivity index is 2.25. The molecule has 11 heavy (non-hydrogen) atoms. The molecule has 0 aromatic heterocycles. The lowest BCUT2D eigenvalue weighted by molar-refractivity contribution is 0.377. The number of unbranched alkanes of at least 4 members (excludes halogenated alkanes) is 1. The number of rotatable bonds is 5. The van der Waals surface area contributed by atoms with Crippen LogP contribution in [0.4, 0.5) is 0 Å². The molecule has 0 aromatic rings. The summed E-state index contributed by atoms with van der Waals surface area (Å²) < 4.78 is 0. The Morgan fingerprint density at radius 2 is 1.82 bits per heavy atom. The maximum atomic E-state index is 2.42. The molecule has 0 bridgehead atoms. The van der Waals surface area contributed by atoms with Crippen molar-refractivity contribution in [1.82, 2.24) is 0 Å². The third-order valence-corrected chi connectivity index (χ3v) is 3.37. The molecule has 0 aliphatic heterocycles. The van der Waals surface area contributed by atoms with Crippen LogP contribution in [-0.2, 0) is 0 Å². The van der Waals surface area contributed by atoms with Crippen LogP contribution in [0.3, 0.4) is 0 Å². The minimum absolute atomic E-state index is 0.810. The predicted octanol–water partition coefficient (Wildman–Crippen LogP) is 4.00. The number of hydrogen-bond acceptors (Lipinski definition) is 0. The van der Waals surface area contributed by atoms with Crippen LogP contribution in [0.2, 0.25) is 0 Å². The van der Waals surface area contributed by atoms with E-state index < -0.39 is 0 Å². The molecule has 0 spiro atoms. The molecule has 0 radical (unpaired) electrons. The van der Waals surface area contributed by atoms with Crippen molar-refractivity contribution in [3.63, 3.8) is 0 Å². The molecule has 0 amide bonds. The second kappa shape index (κ2) is 3.60. The van der Waals surface area contributed by atoms with Gasteiger partial charge in [-0.2, -0.15) is 0 Å². The van der Waals surface area contributed by atoms with Gasteiger partial charge in [-0.1, -0.05) is 40.0 Å². The van der Waals surface area contributed by atoms with Crippen molar-refractivity contribution >= 4 is 0 Å². The van der Waals surface area contributed by atoms with Crippen LogP contribution in [-0.4, -0.2) is 0 Å². The highest BCUT2D eigenvalue weighted by Crippen LogP contribution is 2.58. The van der Waals surface area contributed by atoms with Gasteiger partial charge in [-0.3, -0.25) is 0 Å². The molecule has 1 saturated carbocycles. The molecule has 1 aliphatic carbocycles. The molecule has 0 heteroatoms. The van der Waals surface area contributed by atoms with Gasteiger partial charge in [0.1, 0.15) is 0 Å². The zero-order valence-electron chi connectivity index (χ0n) is 8.32. The van der Waals surface area contributed by atoms with E-state index in [2.05, 4.69) is 20.8 Å². The summed E-state index contributed by atoms with van der Waals surface area (Å²) in [5.74, 6) is 1.04. The monoisotopic (exact) mass is 154 g/mol. The predicted molar refractivity (Wildman–Crippen MR) is 50.6 cm³/mol. The summed E-state index contributed by atoms with van der Waals surface area (Å²) in [6.07, 6.45) is 8.70. The smallest absolute Gasteiger partial charge is 0.0269 e. The summed E-state index contributed by atoms with van der Waals surface area (Å²) in [5.41, 5.74) is 0.810. The molecule has 0 aromatic carbocycles. The Kier molecular flexibility index (Phi) is 2.98. The summed E-state index contributed by atoms with van der Waals surface area (Å²) >= 11 is 0. The van der Waals surface area contributed by atoms with Gasteiger partial charge in [0, 0.05) is 0 Å². The highest BCUT2D eigenvalue weighted by molar-refractivity contribution is 4.98. The van der Waals surface area contributed by atoms with Gasteiger partial charge >= 0.3 is 0 Å². The minimum atomic E-state index is 0.810. The van der Waals surface area contributed by atoms with Crippen LogP contribution in [0.5, 0.6) is 0 Å². The Hall–Kier alpha value is 0. The zero-order chi connectivity index (χ0) is 8.32. The van der Waals surface area contributed by atoms with E-state index in [1.165, 1.54) is 38.5 Å². The molecule has 0 heterocycles. The van der Waals surface area contributed by atoms with Crippen LogP contribution in [0.25, 0.3) is 0 Å². The summed E-state index contributed by atoms with van der Waals surface area (Å²) in [4.78, 5) is 0. The van der Waals surface area contributed by atoms with Gasteiger partial charge in [0.15, 0.2) is 0 Å². The molecule has 66 valence electrons. The highest BCUT2D eigenvalue weighted by Gasteiger charge is 2.48. The lowest BCUT2D eigenvalue weighted by Crippen LogP contribution is -2.02. The molecule has 2 atom stereocenters. The summed E-state index contributed by atoms with van der Waals surface area (Å²) in [5, 5.41) is 0. The second-order valence-corrected chi connectivity index (χ2v) is 4.32. The lowest BCUT2D eigenvalue weighted by atomic mass is 9.92.